The molecule has 0 amide bonds. The molecule has 4 nitrogen and oxygen atoms in total. The molecule has 4 heteroatoms. The maximum atomic E-state index is 10.5. The van der Waals surface area contributed by atoms with Crippen molar-refractivity contribution >= 4 is 5.97 Å². The second-order valence-electron chi connectivity index (χ2n) is 3.95. The number of nitrogens with zero attached hydrogens (tertiary/aromatic N) is 1. The van der Waals surface area contributed by atoms with Crippen molar-refractivity contribution in [1.82, 2.24) is 5.16 Å². The molecule has 0 atom stereocenters. The molecule has 0 bridgehead atoms. The van der Waals surface area contributed by atoms with E-state index >= 15 is 0 Å². The highest BCUT2D eigenvalue weighted by atomic mass is 16.5. The minimum atomic E-state index is -0.818. The highest BCUT2D eigenvalue weighted by molar-refractivity contribution is 5.68. The second-order valence-corrected chi connectivity index (χ2v) is 3.95. The zero-order valence-electron chi connectivity index (χ0n) is 9.51. The van der Waals surface area contributed by atoms with Gasteiger partial charge in [0.05, 0.1) is 0 Å². The summed E-state index contributed by atoms with van der Waals surface area (Å²) in [6, 6.07) is 7.89. The molecule has 1 N–H and O–H groups in total. The van der Waals surface area contributed by atoms with E-state index in [1.54, 1.807) is 0 Å². The first-order valence-corrected chi connectivity index (χ1v) is 5.39. The van der Waals surface area contributed by atoms with Gasteiger partial charge in [-0.05, 0) is 19.4 Å². The van der Waals surface area contributed by atoms with Crippen LogP contribution >= 0.6 is 0 Å². The van der Waals surface area contributed by atoms with E-state index in [0.717, 1.165) is 22.4 Å². The third kappa shape index (κ3) is 2.72. The lowest BCUT2D eigenvalue weighted by Crippen LogP contribution is -1.97. The minimum Gasteiger partial charge on any atom is -0.481 e. The molecule has 0 aliphatic rings. The number of hydrogen-bond acceptors (Lipinski definition) is 3. The van der Waals surface area contributed by atoms with Gasteiger partial charge in [0.25, 0.3) is 0 Å². The fourth-order valence-electron chi connectivity index (χ4n) is 1.71. The third-order valence-corrected chi connectivity index (χ3v) is 2.54. The Hall–Kier alpha value is -2.10. The van der Waals surface area contributed by atoms with Crippen molar-refractivity contribution in [2.45, 2.75) is 19.8 Å². The SMILES string of the molecule is Cc1cccc(-c2nocc2CCC(=O)O)c1. The summed E-state index contributed by atoms with van der Waals surface area (Å²) in [5.41, 5.74) is 3.65. The van der Waals surface area contributed by atoms with Gasteiger partial charge in [-0.3, -0.25) is 4.79 Å². The molecule has 0 fully saturated rings. The van der Waals surface area contributed by atoms with Gasteiger partial charge in [0.15, 0.2) is 0 Å². The first-order valence-electron chi connectivity index (χ1n) is 5.39. The van der Waals surface area contributed by atoms with Crippen LogP contribution in [0.25, 0.3) is 11.3 Å². The van der Waals surface area contributed by atoms with Crippen LogP contribution in [0.5, 0.6) is 0 Å². The van der Waals surface area contributed by atoms with E-state index in [9.17, 15) is 4.79 Å². The summed E-state index contributed by atoms with van der Waals surface area (Å²) in [5.74, 6) is -0.818. The Bertz CT molecular complexity index is 531. The van der Waals surface area contributed by atoms with Crippen LogP contribution in [0.1, 0.15) is 17.5 Å². The van der Waals surface area contributed by atoms with Gasteiger partial charge in [0.1, 0.15) is 12.0 Å². The lowest BCUT2D eigenvalue weighted by Gasteiger charge is -2.01. The van der Waals surface area contributed by atoms with Gasteiger partial charge >= 0.3 is 5.97 Å². The minimum absolute atomic E-state index is 0.0834. The van der Waals surface area contributed by atoms with Crippen molar-refractivity contribution in [3.63, 3.8) is 0 Å². The van der Waals surface area contributed by atoms with Crippen molar-refractivity contribution in [1.29, 1.82) is 0 Å². The molecule has 0 aliphatic heterocycles. The Kier molecular flexibility index (Phi) is 3.23. The Balaban J connectivity index is 2.27. The van der Waals surface area contributed by atoms with E-state index in [0.29, 0.717) is 6.42 Å². The van der Waals surface area contributed by atoms with Crippen LogP contribution in [0.2, 0.25) is 0 Å². The van der Waals surface area contributed by atoms with Crippen LogP contribution in [0.3, 0.4) is 0 Å². The van der Waals surface area contributed by atoms with Gasteiger partial charge in [-0.25, -0.2) is 0 Å². The van der Waals surface area contributed by atoms with Crippen molar-refractivity contribution in [3.05, 3.63) is 41.7 Å². The smallest absolute Gasteiger partial charge is 0.303 e. The van der Waals surface area contributed by atoms with Gasteiger partial charge < -0.3 is 9.63 Å². The van der Waals surface area contributed by atoms with Crippen molar-refractivity contribution in [2.24, 2.45) is 0 Å². The van der Waals surface area contributed by atoms with E-state index in [4.69, 9.17) is 9.63 Å². The molecule has 2 rings (SSSR count). The Morgan fingerprint density at radius 1 is 1.47 bits per heavy atom. The zero-order chi connectivity index (χ0) is 12.3. The molecule has 0 saturated heterocycles. The van der Waals surface area contributed by atoms with Crippen LogP contribution in [-0.4, -0.2) is 16.2 Å². The molecule has 1 heterocycles. The maximum Gasteiger partial charge on any atom is 0.303 e. The van der Waals surface area contributed by atoms with Crippen LogP contribution in [-0.2, 0) is 11.2 Å². The fourth-order valence-corrected chi connectivity index (χ4v) is 1.71. The molecule has 0 spiro atoms. The lowest BCUT2D eigenvalue weighted by molar-refractivity contribution is -0.136. The number of benzene rings is 1. The van der Waals surface area contributed by atoms with E-state index in [-0.39, 0.29) is 6.42 Å². The van der Waals surface area contributed by atoms with Crippen LogP contribution < -0.4 is 0 Å². The first kappa shape index (κ1) is 11.4. The molecule has 2 aromatic rings. The first-order chi connectivity index (χ1) is 8.16. The molecule has 88 valence electrons. The topological polar surface area (TPSA) is 63.3 Å². The second kappa shape index (κ2) is 4.82. The standard InChI is InChI=1S/C13H13NO3/c1-9-3-2-4-10(7-9)13-11(8-17-14-13)5-6-12(15)16/h2-4,7-8H,5-6H2,1H3,(H,15,16). The Morgan fingerprint density at radius 2 is 2.29 bits per heavy atom. The summed E-state index contributed by atoms with van der Waals surface area (Å²) >= 11 is 0. The van der Waals surface area contributed by atoms with E-state index in [1.807, 2.05) is 31.2 Å². The van der Waals surface area contributed by atoms with Gasteiger partial charge in [0.2, 0.25) is 0 Å². The van der Waals surface area contributed by atoms with Gasteiger partial charge in [-0.2, -0.15) is 0 Å². The summed E-state index contributed by atoms with van der Waals surface area (Å²) < 4.78 is 4.93. The van der Waals surface area contributed by atoms with Crippen LogP contribution in [0, 0.1) is 6.92 Å². The average molecular weight is 231 g/mol. The number of hydrogen-bond donors (Lipinski definition) is 1. The summed E-state index contributed by atoms with van der Waals surface area (Å²) in [5, 5.41) is 12.6. The number of rotatable bonds is 4. The fraction of sp³-hybridized carbons (Fsp3) is 0.231. The highest BCUT2D eigenvalue weighted by Gasteiger charge is 2.11. The van der Waals surface area contributed by atoms with E-state index < -0.39 is 5.97 Å². The number of aromatic nitrogens is 1. The molecule has 0 unspecified atom stereocenters. The predicted molar refractivity (Wildman–Crippen MR) is 62.6 cm³/mol. The van der Waals surface area contributed by atoms with E-state index in [1.165, 1.54) is 6.26 Å². The van der Waals surface area contributed by atoms with Crippen LogP contribution in [0.15, 0.2) is 35.1 Å². The molecule has 1 aromatic carbocycles. The average Bonchev–Trinajstić information content (AvgIpc) is 2.74. The van der Waals surface area contributed by atoms with Gasteiger partial charge in [0, 0.05) is 17.5 Å². The lowest BCUT2D eigenvalue weighted by atomic mass is 10.0. The maximum absolute atomic E-state index is 10.5. The van der Waals surface area contributed by atoms with Crippen LogP contribution in [0.4, 0.5) is 0 Å². The number of carboxylic acids is 1. The Morgan fingerprint density at radius 3 is 3.00 bits per heavy atom. The Labute approximate surface area is 98.9 Å². The molecule has 0 saturated carbocycles. The third-order valence-electron chi connectivity index (χ3n) is 2.54. The van der Waals surface area contributed by atoms with Gasteiger partial charge in [-0.15, -0.1) is 0 Å². The summed E-state index contributed by atoms with van der Waals surface area (Å²) in [6.45, 7) is 2.00. The number of carbonyl (C=O) groups is 1. The highest BCUT2D eigenvalue weighted by Crippen LogP contribution is 2.23. The van der Waals surface area contributed by atoms with Crippen molar-refractivity contribution in [3.8, 4) is 11.3 Å². The van der Waals surface area contributed by atoms with Crippen molar-refractivity contribution in [2.75, 3.05) is 0 Å². The van der Waals surface area contributed by atoms with Gasteiger partial charge in [-0.1, -0.05) is 28.9 Å². The molecule has 1 aromatic heterocycles. The molecule has 17 heavy (non-hydrogen) atoms. The zero-order valence-corrected chi connectivity index (χ0v) is 9.51. The monoisotopic (exact) mass is 231 g/mol. The largest absolute Gasteiger partial charge is 0.481 e. The molecular weight excluding hydrogens is 218 g/mol. The number of aliphatic carboxylic acids is 1. The number of aryl methyl sites for hydroxylation is 2. The number of carboxylic acid groups (broad SMARTS) is 1. The quantitative estimate of drug-likeness (QED) is 0.878. The summed E-state index contributed by atoms with van der Waals surface area (Å²) in [4.78, 5) is 10.5. The summed E-state index contributed by atoms with van der Waals surface area (Å²) in [6.07, 6.45) is 2.03. The molecule has 0 aliphatic carbocycles. The van der Waals surface area contributed by atoms with Crippen molar-refractivity contribution < 1.29 is 14.4 Å². The molecule has 0 radical (unpaired) electrons. The predicted octanol–water partition coefficient (Wildman–Crippen LogP) is 2.67. The molecular formula is C13H13NO3. The van der Waals surface area contributed by atoms with E-state index in [2.05, 4.69) is 5.16 Å². The summed E-state index contributed by atoms with van der Waals surface area (Å²) in [7, 11) is 0. The normalized spacial score (nSPS) is 10.4.